The number of hydrogen-bond donors (Lipinski definition) is 9. The Hall–Kier alpha value is -2.81. The highest BCUT2D eigenvalue weighted by atomic mass is 16.4. The van der Waals surface area contributed by atoms with Crippen molar-refractivity contribution in [3.63, 3.8) is 0 Å². The molecule has 0 saturated heterocycles. The Morgan fingerprint density at radius 1 is 0.935 bits per heavy atom. The summed E-state index contributed by atoms with van der Waals surface area (Å²) < 4.78 is 0. The van der Waals surface area contributed by atoms with E-state index in [0.717, 1.165) is 6.92 Å². The molecule has 0 saturated carbocycles. The summed E-state index contributed by atoms with van der Waals surface area (Å²) in [5.74, 6) is -5.05. The maximum atomic E-state index is 12.6. The predicted octanol–water partition coefficient (Wildman–Crippen LogP) is -4.77. The Morgan fingerprint density at radius 3 is 1.94 bits per heavy atom. The summed E-state index contributed by atoms with van der Waals surface area (Å²) in [6.45, 7) is 0.597. The third-order valence-electron chi connectivity index (χ3n) is 4.20. The van der Waals surface area contributed by atoms with Gasteiger partial charge >= 0.3 is 5.97 Å². The van der Waals surface area contributed by atoms with Crippen LogP contribution in [0.5, 0.6) is 0 Å². The SMILES string of the molecule is CC(O)C(NC(=O)C(CO)NC(=O)C(CCCCN)NC(=O)C(N)CC(N)=O)C(=O)O. The van der Waals surface area contributed by atoms with Crippen LogP contribution in [0.4, 0.5) is 0 Å². The zero-order valence-corrected chi connectivity index (χ0v) is 17.2. The van der Waals surface area contributed by atoms with E-state index in [-0.39, 0.29) is 6.42 Å². The van der Waals surface area contributed by atoms with Crippen LogP contribution in [-0.4, -0.2) is 88.3 Å². The normalized spacial score (nSPS) is 15.6. The molecule has 0 aromatic rings. The van der Waals surface area contributed by atoms with E-state index in [9.17, 15) is 34.2 Å². The summed E-state index contributed by atoms with van der Waals surface area (Å²) in [5.41, 5.74) is 16.0. The largest absolute Gasteiger partial charge is 0.480 e. The van der Waals surface area contributed by atoms with Crippen LogP contribution in [0.25, 0.3) is 0 Å². The Bertz CT molecular complexity index is 644. The molecular formula is C17H32N6O8. The lowest BCUT2D eigenvalue weighted by Crippen LogP contribution is -2.59. The number of nitrogens with one attached hydrogen (secondary N) is 3. The van der Waals surface area contributed by atoms with Crippen LogP contribution < -0.4 is 33.2 Å². The number of carbonyl (C=O) groups excluding carboxylic acids is 4. The van der Waals surface area contributed by atoms with Crippen molar-refractivity contribution >= 4 is 29.6 Å². The lowest BCUT2D eigenvalue weighted by molar-refractivity contribution is -0.145. The molecule has 0 bridgehead atoms. The van der Waals surface area contributed by atoms with Crippen LogP contribution in [0.15, 0.2) is 0 Å². The van der Waals surface area contributed by atoms with E-state index in [2.05, 4.69) is 10.6 Å². The number of carbonyl (C=O) groups is 5. The summed E-state index contributed by atoms with van der Waals surface area (Å²) in [6, 6.07) is -5.68. The van der Waals surface area contributed by atoms with Crippen LogP contribution >= 0.6 is 0 Å². The highest BCUT2D eigenvalue weighted by Gasteiger charge is 2.31. The molecule has 0 aliphatic heterocycles. The molecule has 0 heterocycles. The van der Waals surface area contributed by atoms with Gasteiger partial charge in [0.05, 0.1) is 25.2 Å². The number of amides is 4. The number of hydrogen-bond acceptors (Lipinski definition) is 9. The van der Waals surface area contributed by atoms with E-state index in [1.807, 2.05) is 5.32 Å². The van der Waals surface area contributed by atoms with Crippen LogP contribution in [0.3, 0.4) is 0 Å². The Morgan fingerprint density at radius 2 is 1.48 bits per heavy atom. The molecule has 4 amide bonds. The number of primary amides is 1. The zero-order chi connectivity index (χ0) is 24.1. The maximum Gasteiger partial charge on any atom is 0.328 e. The predicted molar refractivity (Wildman–Crippen MR) is 107 cm³/mol. The number of nitrogens with two attached hydrogens (primary N) is 3. The average molecular weight is 448 g/mol. The summed E-state index contributed by atoms with van der Waals surface area (Å²) in [5, 5.41) is 34.5. The number of aliphatic carboxylic acids is 1. The fourth-order valence-corrected chi connectivity index (χ4v) is 2.46. The average Bonchev–Trinajstić information content (AvgIpc) is 2.67. The van der Waals surface area contributed by atoms with E-state index < -0.39 is 72.9 Å². The molecule has 0 aliphatic rings. The van der Waals surface area contributed by atoms with Crippen LogP contribution in [0.2, 0.25) is 0 Å². The fourth-order valence-electron chi connectivity index (χ4n) is 2.46. The topological polar surface area (TPSA) is 260 Å². The van der Waals surface area contributed by atoms with Crippen LogP contribution in [0.1, 0.15) is 32.6 Å². The van der Waals surface area contributed by atoms with Gasteiger partial charge in [0.15, 0.2) is 6.04 Å². The number of unbranched alkanes of at least 4 members (excludes halogenated alkanes) is 1. The Labute approximate surface area is 178 Å². The third-order valence-corrected chi connectivity index (χ3v) is 4.20. The minimum atomic E-state index is -1.66. The van der Waals surface area contributed by atoms with E-state index in [0.29, 0.717) is 19.4 Å². The number of aliphatic hydroxyl groups excluding tert-OH is 2. The second-order valence-corrected chi connectivity index (χ2v) is 6.93. The molecule has 0 aromatic heterocycles. The fraction of sp³-hybridized carbons (Fsp3) is 0.706. The lowest BCUT2D eigenvalue weighted by atomic mass is 10.1. The van der Waals surface area contributed by atoms with Gasteiger partial charge in [0.1, 0.15) is 12.1 Å². The third kappa shape index (κ3) is 10.7. The van der Waals surface area contributed by atoms with Gasteiger partial charge in [0, 0.05) is 0 Å². The molecule has 0 fully saturated rings. The Balaban J connectivity index is 5.25. The van der Waals surface area contributed by atoms with Gasteiger partial charge in [0.2, 0.25) is 23.6 Å². The van der Waals surface area contributed by atoms with Crippen molar-refractivity contribution in [2.75, 3.05) is 13.2 Å². The van der Waals surface area contributed by atoms with Gasteiger partial charge in [-0.3, -0.25) is 19.2 Å². The quantitative estimate of drug-likeness (QED) is 0.108. The Kier molecular flexibility index (Phi) is 12.9. The highest BCUT2D eigenvalue weighted by molar-refractivity contribution is 5.95. The van der Waals surface area contributed by atoms with Gasteiger partial charge < -0.3 is 48.5 Å². The van der Waals surface area contributed by atoms with Crippen molar-refractivity contribution in [3.8, 4) is 0 Å². The molecule has 14 heteroatoms. The van der Waals surface area contributed by atoms with Gasteiger partial charge in [-0.2, -0.15) is 0 Å². The van der Waals surface area contributed by atoms with Crippen LogP contribution in [0, 0.1) is 0 Å². The van der Waals surface area contributed by atoms with E-state index in [4.69, 9.17) is 22.3 Å². The van der Waals surface area contributed by atoms with Gasteiger partial charge in [-0.05, 0) is 32.7 Å². The molecule has 14 nitrogen and oxygen atoms in total. The van der Waals surface area contributed by atoms with E-state index in [1.54, 1.807) is 0 Å². The number of carboxylic acids is 1. The minimum absolute atomic E-state index is 0.114. The molecule has 0 spiro atoms. The van der Waals surface area contributed by atoms with Crippen LogP contribution in [-0.2, 0) is 24.0 Å². The van der Waals surface area contributed by atoms with Gasteiger partial charge in [-0.15, -0.1) is 0 Å². The number of aliphatic hydroxyl groups is 2. The minimum Gasteiger partial charge on any atom is -0.480 e. The van der Waals surface area contributed by atoms with Crippen molar-refractivity contribution in [1.82, 2.24) is 16.0 Å². The van der Waals surface area contributed by atoms with E-state index >= 15 is 0 Å². The molecule has 0 aliphatic carbocycles. The summed E-state index contributed by atoms with van der Waals surface area (Å²) in [7, 11) is 0. The second-order valence-electron chi connectivity index (χ2n) is 6.93. The van der Waals surface area contributed by atoms with E-state index in [1.165, 1.54) is 0 Å². The van der Waals surface area contributed by atoms with Gasteiger partial charge in [-0.1, -0.05) is 0 Å². The highest BCUT2D eigenvalue weighted by Crippen LogP contribution is 2.03. The summed E-state index contributed by atoms with van der Waals surface area (Å²) in [6.07, 6.45) is -0.805. The lowest BCUT2D eigenvalue weighted by Gasteiger charge is -2.24. The number of rotatable bonds is 15. The molecule has 5 atom stereocenters. The monoisotopic (exact) mass is 448 g/mol. The van der Waals surface area contributed by atoms with Gasteiger partial charge in [0.25, 0.3) is 0 Å². The molecule has 5 unspecified atom stereocenters. The first-order valence-electron chi connectivity index (χ1n) is 9.61. The summed E-state index contributed by atoms with van der Waals surface area (Å²) >= 11 is 0. The maximum absolute atomic E-state index is 12.6. The first kappa shape index (κ1) is 28.2. The number of carboxylic acid groups (broad SMARTS) is 1. The first-order chi connectivity index (χ1) is 14.4. The molecule has 0 rings (SSSR count). The van der Waals surface area contributed by atoms with Gasteiger partial charge in [-0.25, -0.2) is 4.79 Å². The standard InChI is InChI=1S/C17H32N6O8/c1-8(25)13(17(30)31)23-16(29)11(7-24)22-15(28)10(4-2-3-5-18)21-14(27)9(19)6-12(20)26/h8-11,13,24-25H,2-7,18-19H2,1H3,(H2,20,26)(H,21,27)(H,22,28)(H,23,29)(H,30,31). The van der Waals surface area contributed by atoms with Crippen molar-refractivity contribution < 1.29 is 39.3 Å². The summed E-state index contributed by atoms with van der Waals surface area (Å²) in [4.78, 5) is 59.0. The molecule has 0 aromatic carbocycles. The molecular weight excluding hydrogens is 416 g/mol. The zero-order valence-electron chi connectivity index (χ0n) is 17.2. The first-order valence-corrected chi connectivity index (χ1v) is 9.61. The molecule has 12 N–H and O–H groups in total. The van der Waals surface area contributed by atoms with Crippen molar-refractivity contribution in [2.45, 2.75) is 62.9 Å². The van der Waals surface area contributed by atoms with Crippen molar-refractivity contribution in [3.05, 3.63) is 0 Å². The molecule has 0 radical (unpaired) electrons. The molecule has 31 heavy (non-hydrogen) atoms. The second kappa shape index (κ2) is 14.2. The van der Waals surface area contributed by atoms with Crippen molar-refractivity contribution in [2.24, 2.45) is 17.2 Å². The van der Waals surface area contributed by atoms with Crippen molar-refractivity contribution in [1.29, 1.82) is 0 Å². The smallest absolute Gasteiger partial charge is 0.328 e. The molecule has 178 valence electrons.